The monoisotopic (exact) mass is 541 g/mol. The SMILES string of the molecule is CN1CCN(c2ccc(OC(F)(F)F)c(Nc3ncc4c(n3)-c3c(c(C(=O)[O-])nn3C)CC4)c2)CC1.[K+]. The summed E-state index contributed by atoms with van der Waals surface area (Å²) in [5.74, 6) is -1.75. The van der Waals surface area contributed by atoms with Gasteiger partial charge in [-0.2, -0.15) is 5.10 Å². The van der Waals surface area contributed by atoms with Crippen molar-refractivity contribution in [2.45, 2.75) is 19.2 Å². The number of alkyl halides is 3. The third-order valence-electron chi connectivity index (χ3n) is 6.38. The summed E-state index contributed by atoms with van der Waals surface area (Å²) in [6, 6.07) is 4.45. The zero-order valence-corrected chi connectivity index (χ0v) is 23.7. The minimum absolute atomic E-state index is 0. The van der Waals surface area contributed by atoms with Crippen molar-refractivity contribution in [2.24, 2.45) is 7.05 Å². The fraction of sp³-hybridized carbons (Fsp3) is 0.391. The van der Waals surface area contributed by atoms with E-state index in [1.54, 1.807) is 25.4 Å². The number of aromatic nitrogens is 4. The molecule has 0 amide bonds. The zero-order valence-electron chi connectivity index (χ0n) is 20.6. The number of rotatable bonds is 5. The number of nitrogens with zero attached hydrogens (tertiary/aromatic N) is 6. The Labute approximate surface area is 253 Å². The largest absolute Gasteiger partial charge is 1.00 e. The van der Waals surface area contributed by atoms with Gasteiger partial charge in [-0.05, 0) is 43.7 Å². The number of anilines is 3. The molecule has 0 saturated carbocycles. The number of carbonyl (C=O) groups is 1. The molecular formula is C23H23F3KN7O3. The van der Waals surface area contributed by atoms with E-state index in [-0.39, 0.29) is 68.7 Å². The number of ether oxygens (including phenoxy) is 1. The van der Waals surface area contributed by atoms with E-state index in [1.165, 1.54) is 10.7 Å². The molecule has 190 valence electrons. The molecule has 2 aliphatic rings. The number of carboxylic acids is 1. The first kappa shape index (κ1) is 27.8. The minimum Gasteiger partial charge on any atom is -0.543 e. The Kier molecular flexibility index (Phi) is 8.16. The van der Waals surface area contributed by atoms with E-state index >= 15 is 0 Å². The van der Waals surface area contributed by atoms with Crippen LogP contribution in [-0.4, -0.2) is 70.2 Å². The first-order chi connectivity index (χ1) is 17.1. The van der Waals surface area contributed by atoms with Crippen molar-refractivity contribution in [3.05, 3.63) is 41.2 Å². The quantitative estimate of drug-likeness (QED) is 0.396. The van der Waals surface area contributed by atoms with Crippen LogP contribution in [0.1, 0.15) is 21.6 Å². The third-order valence-corrected chi connectivity index (χ3v) is 6.38. The van der Waals surface area contributed by atoms with Crippen molar-refractivity contribution in [2.75, 3.05) is 43.4 Å². The van der Waals surface area contributed by atoms with Crippen LogP contribution >= 0.6 is 0 Å². The predicted molar refractivity (Wildman–Crippen MR) is 122 cm³/mol. The van der Waals surface area contributed by atoms with Gasteiger partial charge in [0.05, 0.1) is 23.0 Å². The molecule has 37 heavy (non-hydrogen) atoms. The second-order valence-electron chi connectivity index (χ2n) is 8.80. The van der Waals surface area contributed by atoms with Crippen LogP contribution in [0, 0.1) is 0 Å². The van der Waals surface area contributed by atoms with Gasteiger partial charge in [-0.25, -0.2) is 9.97 Å². The number of nitrogens with one attached hydrogen (secondary N) is 1. The molecule has 1 aliphatic heterocycles. The van der Waals surface area contributed by atoms with Crippen LogP contribution in [0.2, 0.25) is 0 Å². The molecule has 0 radical (unpaired) electrons. The normalized spacial score (nSPS) is 15.4. The van der Waals surface area contributed by atoms with Gasteiger partial charge in [-0.3, -0.25) is 4.68 Å². The fourth-order valence-corrected chi connectivity index (χ4v) is 4.59. The molecule has 1 saturated heterocycles. The molecule has 0 bridgehead atoms. The van der Waals surface area contributed by atoms with Crippen molar-refractivity contribution in [1.82, 2.24) is 24.6 Å². The second kappa shape index (κ2) is 10.9. The molecule has 3 heterocycles. The van der Waals surface area contributed by atoms with Crippen LogP contribution in [0.3, 0.4) is 0 Å². The topological polar surface area (TPSA) is 111 Å². The van der Waals surface area contributed by atoms with Gasteiger partial charge in [0, 0.05) is 50.7 Å². The molecule has 2 aromatic heterocycles. The molecule has 0 atom stereocenters. The zero-order chi connectivity index (χ0) is 25.6. The standard InChI is InChI=1S/C23H24F3N7O3.K/c1-31-7-9-33(10-8-31)14-4-6-17(36-23(24,25)26)16(11-14)28-22-27-12-13-3-5-15-19(21(34)35)30-32(2)20(15)18(13)29-22;/h4,6,11-12H,3,5,7-10H2,1-2H3,(H,34,35)(H,27,28,29);/q;+1/p-1. The molecule has 1 aromatic carbocycles. The molecular weight excluding hydrogens is 518 g/mol. The Morgan fingerprint density at radius 1 is 1.14 bits per heavy atom. The number of hydrogen-bond donors (Lipinski definition) is 1. The summed E-state index contributed by atoms with van der Waals surface area (Å²) in [5.41, 5.74) is 2.91. The molecule has 10 nitrogen and oxygen atoms in total. The average Bonchev–Trinajstić information content (AvgIpc) is 3.17. The van der Waals surface area contributed by atoms with E-state index in [1.807, 2.05) is 7.05 Å². The van der Waals surface area contributed by atoms with Crippen molar-refractivity contribution in [1.29, 1.82) is 0 Å². The molecule has 0 unspecified atom stereocenters. The van der Waals surface area contributed by atoms with Crippen molar-refractivity contribution in [3.63, 3.8) is 0 Å². The number of benzene rings is 1. The fourth-order valence-electron chi connectivity index (χ4n) is 4.59. The maximum absolute atomic E-state index is 13.1. The summed E-state index contributed by atoms with van der Waals surface area (Å²) in [6.45, 7) is 3.13. The van der Waals surface area contributed by atoms with Crippen molar-refractivity contribution in [3.8, 4) is 17.1 Å². The van der Waals surface area contributed by atoms with Crippen LogP contribution in [-0.2, 0) is 19.9 Å². The Hall–Kier alpha value is -2.23. The Bertz CT molecular complexity index is 1320. The van der Waals surface area contributed by atoms with Gasteiger partial charge in [0.1, 0.15) is 5.69 Å². The second-order valence-corrected chi connectivity index (χ2v) is 8.80. The Morgan fingerprint density at radius 3 is 2.54 bits per heavy atom. The summed E-state index contributed by atoms with van der Waals surface area (Å²) in [6.07, 6.45) is -2.37. The molecule has 1 fully saturated rings. The van der Waals surface area contributed by atoms with Crippen molar-refractivity contribution < 1.29 is 79.2 Å². The molecule has 1 aliphatic carbocycles. The first-order valence-electron chi connectivity index (χ1n) is 11.3. The Morgan fingerprint density at radius 2 is 1.86 bits per heavy atom. The summed E-state index contributed by atoms with van der Waals surface area (Å²) < 4.78 is 45.0. The number of carboxylic acid groups (broad SMARTS) is 1. The Balaban J connectivity index is 0.00000320. The predicted octanol–water partition coefficient (Wildman–Crippen LogP) is -1.26. The number of piperazine rings is 1. The van der Waals surface area contributed by atoms with Gasteiger partial charge >= 0.3 is 57.7 Å². The number of aryl methyl sites for hydroxylation is 2. The smallest absolute Gasteiger partial charge is 0.543 e. The molecule has 3 aromatic rings. The summed E-state index contributed by atoms with van der Waals surface area (Å²) in [4.78, 5) is 24.6. The van der Waals surface area contributed by atoms with Crippen LogP contribution in [0.4, 0.5) is 30.5 Å². The average molecular weight is 542 g/mol. The van der Waals surface area contributed by atoms with E-state index in [9.17, 15) is 23.1 Å². The number of hydrogen-bond acceptors (Lipinski definition) is 9. The van der Waals surface area contributed by atoms with Gasteiger partial charge < -0.3 is 29.8 Å². The number of fused-ring (bicyclic) bond motifs is 3. The van der Waals surface area contributed by atoms with Gasteiger partial charge in [-0.15, -0.1) is 13.2 Å². The summed E-state index contributed by atoms with van der Waals surface area (Å²) in [7, 11) is 3.62. The summed E-state index contributed by atoms with van der Waals surface area (Å²) in [5, 5.41) is 18.4. The van der Waals surface area contributed by atoms with E-state index < -0.39 is 18.1 Å². The first-order valence-corrected chi connectivity index (χ1v) is 11.3. The van der Waals surface area contributed by atoms with Crippen LogP contribution in [0.5, 0.6) is 5.75 Å². The minimum atomic E-state index is -4.88. The van der Waals surface area contributed by atoms with Gasteiger partial charge in [0.15, 0.2) is 5.75 Å². The van der Waals surface area contributed by atoms with E-state index in [2.05, 4.69) is 34.9 Å². The van der Waals surface area contributed by atoms with E-state index in [4.69, 9.17) is 0 Å². The maximum Gasteiger partial charge on any atom is 1.00 e. The molecule has 5 rings (SSSR count). The molecule has 1 N–H and O–H groups in total. The van der Waals surface area contributed by atoms with Crippen LogP contribution in [0.25, 0.3) is 11.4 Å². The number of likely N-dealkylation sites (N-methyl/N-ethyl adjacent to an activating group) is 1. The van der Waals surface area contributed by atoms with Gasteiger partial charge in [0.25, 0.3) is 0 Å². The van der Waals surface area contributed by atoms with E-state index in [0.29, 0.717) is 29.8 Å². The van der Waals surface area contributed by atoms with Crippen molar-refractivity contribution >= 4 is 23.3 Å². The van der Waals surface area contributed by atoms with Crippen LogP contribution in [0.15, 0.2) is 24.4 Å². The molecule has 14 heteroatoms. The summed E-state index contributed by atoms with van der Waals surface area (Å²) >= 11 is 0. The number of halogens is 3. The third kappa shape index (κ3) is 5.94. The van der Waals surface area contributed by atoms with E-state index in [0.717, 1.165) is 37.4 Å². The number of carbonyl (C=O) groups excluding carboxylic acids is 1. The molecule has 0 spiro atoms. The van der Waals surface area contributed by atoms with Gasteiger partial charge in [-0.1, -0.05) is 0 Å². The maximum atomic E-state index is 13.1. The van der Waals surface area contributed by atoms with Gasteiger partial charge in [0.2, 0.25) is 5.95 Å². The number of aromatic carboxylic acids is 1. The van der Waals surface area contributed by atoms with Crippen LogP contribution < -0.4 is 71.4 Å².